The average Bonchev–Trinajstić information content (AvgIpc) is 2.29. The van der Waals surface area contributed by atoms with Crippen molar-refractivity contribution in [3.63, 3.8) is 0 Å². The van der Waals surface area contributed by atoms with Gasteiger partial charge in [0.1, 0.15) is 17.7 Å². The van der Waals surface area contributed by atoms with Crippen molar-refractivity contribution in [2.24, 2.45) is 0 Å². The summed E-state index contributed by atoms with van der Waals surface area (Å²) in [6.07, 6.45) is -1.30. The number of aliphatic hydroxyl groups is 1. The van der Waals surface area contributed by atoms with Gasteiger partial charge in [-0.15, -0.1) is 0 Å². The minimum atomic E-state index is -1.30. The van der Waals surface area contributed by atoms with E-state index in [0.717, 1.165) is 16.6 Å². The molecule has 2 aromatic carbocycles. The fraction of sp³-hybridized carbons (Fsp3) is 0.0769. The van der Waals surface area contributed by atoms with E-state index in [0.29, 0.717) is 5.56 Å². The molecule has 0 aromatic heterocycles. The summed E-state index contributed by atoms with van der Waals surface area (Å²) in [5, 5.41) is 9.95. The molecule has 17 heavy (non-hydrogen) atoms. The smallest absolute Gasteiger partial charge is 0.132 e. The van der Waals surface area contributed by atoms with Crippen LogP contribution in [0, 0.1) is 11.6 Å². The molecular weight excluding hydrogens is 290 g/mol. The van der Waals surface area contributed by atoms with Gasteiger partial charge in [-0.3, -0.25) is 0 Å². The second-order valence-corrected chi connectivity index (χ2v) is 4.51. The first-order valence-corrected chi connectivity index (χ1v) is 5.76. The lowest BCUT2D eigenvalue weighted by molar-refractivity contribution is 0.209. The summed E-state index contributed by atoms with van der Waals surface area (Å²) in [6, 6.07) is 10.2. The van der Waals surface area contributed by atoms with Gasteiger partial charge >= 0.3 is 0 Å². The van der Waals surface area contributed by atoms with Gasteiger partial charge < -0.3 is 5.11 Å². The first-order chi connectivity index (χ1) is 8.09. The van der Waals surface area contributed by atoms with Crippen LogP contribution in [0.15, 0.2) is 46.9 Å². The molecular formula is C13H9BrF2O. The first-order valence-electron chi connectivity index (χ1n) is 4.97. The van der Waals surface area contributed by atoms with Crippen LogP contribution in [0.2, 0.25) is 0 Å². The lowest BCUT2D eigenvalue weighted by atomic mass is 10.0. The van der Waals surface area contributed by atoms with E-state index in [1.54, 1.807) is 24.3 Å². The summed E-state index contributed by atoms with van der Waals surface area (Å²) >= 11 is 3.25. The second-order valence-electron chi connectivity index (χ2n) is 3.59. The molecule has 1 nitrogen and oxygen atoms in total. The molecule has 0 spiro atoms. The Morgan fingerprint density at radius 2 is 1.47 bits per heavy atom. The molecule has 2 rings (SSSR count). The van der Waals surface area contributed by atoms with E-state index < -0.39 is 17.7 Å². The van der Waals surface area contributed by atoms with Gasteiger partial charge in [-0.25, -0.2) is 8.78 Å². The maximum Gasteiger partial charge on any atom is 0.132 e. The number of halogens is 3. The van der Waals surface area contributed by atoms with Crippen LogP contribution in [-0.4, -0.2) is 5.11 Å². The van der Waals surface area contributed by atoms with Gasteiger partial charge in [0.05, 0.1) is 5.56 Å². The highest BCUT2D eigenvalue weighted by Crippen LogP contribution is 2.27. The van der Waals surface area contributed by atoms with E-state index in [2.05, 4.69) is 15.9 Å². The molecule has 2 aromatic rings. The third kappa shape index (κ3) is 2.53. The molecule has 1 atom stereocenters. The Labute approximate surface area is 106 Å². The Morgan fingerprint density at radius 3 is 2.00 bits per heavy atom. The van der Waals surface area contributed by atoms with E-state index in [1.807, 2.05) is 0 Å². The zero-order valence-electron chi connectivity index (χ0n) is 8.70. The standard InChI is InChI=1S/C13H9BrF2O/c14-9-6-4-8(5-7-9)13(17)12-10(15)2-1-3-11(12)16/h1-7,13,17H. The molecule has 0 heterocycles. The molecule has 88 valence electrons. The van der Waals surface area contributed by atoms with E-state index in [-0.39, 0.29) is 5.56 Å². The molecule has 1 unspecified atom stereocenters. The monoisotopic (exact) mass is 298 g/mol. The third-order valence-electron chi connectivity index (χ3n) is 2.46. The molecule has 0 aliphatic carbocycles. The van der Waals surface area contributed by atoms with Crippen LogP contribution in [0.25, 0.3) is 0 Å². The van der Waals surface area contributed by atoms with Crippen molar-refractivity contribution in [2.75, 3.05) is 0 Å². The molecule has 0 aliphatic heterocycles. The quantitative estimate of drug-likeness (QED) is 0.894. The fourth-order valence-corrected chi connectivity index (χ4v) is 1.85. The number of aliphatic hydroxyl groups excluding tert-OH is 1. The number of rotatable bonds is 2. The van der Waals surface area contributed by atoms with Crippen molar-refractivity contribution in [2.45, 2.75) is 6.10 Å². The number of hydrogen-bond donors (Lipinski definition) is 1. The Kier molecular flexibility index (Phi) is 3.54. The predicted octanol–water partition coefficient (Wildman–Crippen LogP) is 3.81. The molecule has 4 heteroatoms. The van der Waals surface area contributed by atoms with Crippen molar-refractivity contribution in [3.05, 3.63) is 69.7 Å². The highest BCUT2D eigenvalue weighted by atomic mass is 79.9. The topological polar surface area (TPSA) is 20.2 Å². The summed E-state index contributed by atoms with van der Waals surface area (Å²) < 4.78 is 27.7. The van der Waals surface area contributed by atoms with Crippen molar-refractivity contribution < 1.29 is 13.9 Å². The van der Waals surface area contributed by atoms with Gasteiger partial charge in [-0.05, 0) is 29.8 Å². The second kappa shape index (κ2) is 4.94. The maximum absolute atomic E-state index is 13.5. The van der Waals surface area contributed by atoms with Crippen LogP contribution < -0.4 is 0 Å². The van der Waals surface area contributed by atoms with Crippen molar-refractivity contribution in [3.8, 4) is 0 Å². The molecule has 0 saturated heterocycles. The summed E-state index contributed by atoms with van der Waals surface area (Å²) in [6.45, 7) is 0. The zero-order valence-corrected chi connectivity index (χ0v) is 10.3. The van der Waals surface area contributed by atoms with E-state index in [9.17, 15) is 13.9 Å². The van der Waals surface area contributed by atoms with Crippen LogP contribution in [0.3, 0.4) is 0 Å². The molecule has 0 saturated carbocycles. The Balaban J connectivity index is 2.43. The molecule has 0 amide bonds. The third-order valence-corrected chi connectivity index (χ3v) is 2.99. The van der Waals surface area contributed by atoms with Crippen LogP contribution in [-0.2, 0) is 0 Å². The van der Waals surface area contributed by atoms with Crippen LogP contribution in [0.4, 0.5) is 8.78 Å². The van der Waals surface area contributed by atoms with Gasteiger partial charge in [-0.1, -0.05) is 34.1 Å². The van der Waals surface area contributed by atoms with Gasteiger partial charge in [0.15, 0.2) is 0 Å². The number of hydrogen-bond acceptors (Lipinski definition) is 1. The maximum atomic E-state index is 13.5. The van der Waals surface area contributed by atoms with Crippen LogP contribution in [0.5, 0.6) is 0 Å². The minimum Gasteiger partial charge on any atom is -0.383 e. The summed E-state index contributed by atoms with van der Waals surface area (Å²) in [5.74, 6) is -1.50. The summed E-state index contributed by atoms with van der Waals surface area (Å²) in [7, 11) is 0. The average molecular weight is 299 g/mol. The largest absolute Gasteiger partial charge is 0.383 e. The normalized spacial score (nSPS) is 12.5. The summed E-state index contributed by atoms with van der Waals surface area (Å²) in [4.78, 5) is 0. The molecule has 1 N–H and O–H groups in total. The van der Waals surface area contributed by atoms with Crippen molar-refractivity contribution in [1.29, 1.82) is 0 Å². The van der Waals surface area contributed by atoms with Crippen LogP contribution >= 0.6 is 15.9 Å². The highest BCUT2D eigenvalue weighted by molar-refractivity contribution is 9.10. The predicted molar refractivity (Wildman–Crippen MR) is 64.6 cm³/mol. The lowest BCUT2D eigenvalue weighted by Gasteiger charge is -2.13. The number of benzene rings is 2. The van der Waals surface area contributed by atoms with E-state index in [4.69, 9.17) is 0 Å². The fourth-order valence-electron chi connectivity index (χ4n) is 1.58. The van der Waals surface area contributed by atoms with Gasteiger partial charge in [0, 0.05) is 4.47 Å². The Bertz CT molecular complexity index is 505. The first kappa shape index (κ1) is 12.2. The van der Waals surface area contributed by atoms with Gasteiger partial charge in [0.25, 0.3) is 0 Å². The molecule has 0 aliphatic rings. The lowest BCUT2D eigenvalue weighted by Crippen LogP contribution is -2.05. The molecule has 0 fully saturated rings. The zero-order chi connectivity index (χ0) is 12.4. The summed E-state index contributed by atoms with van der Waals surface area (Å²) in [5.41, 5.74) is 0.118. The van der Waals surface area contributed by atoms with Crippen LogP contribution in [0.1, 0.15) is 17.2 Å². The Hall–Kier alpha value is -1.26. The van der Waals surface area contributed by atoms with E-state index in [1.165, 1.54) is 6.07 Å². The van der Waals surface area contributed by atoms with E-state index >= 15 is 0 Å². The molecule has 0 radical (unpaired) electrons. The SMILES string of the molecule is OC(c1ccc(Br)cc1)c1c(F)cccc1F. The van der Waals surface area contributed by atoms with Gasteiger partial charge in [-0.2, -0.15) is 0 Å². The minimum absolute atomic E-state index is 0.324. The highest BCUT2D eigenvalue weighted by Gasteiger charge is 2.19. The van der Waals surface area contributed by atoms with Crippen molar-refractivity contribution in [1.82, 2.24) is 0 Å². The molecule has 0 bridgehead atoms. The van der Waals surface area contributed by atoms with Gasteiger partial charge in [0.2, 0.25) is 0 Å². The Morgan fingerprint density at radius 1 is 0.941 bits per heavy atom. The van der Waals surface area contributed by atoms with Crippen molar-refractivity contribution >= 4 is 15.9 Å².